The predicted octanol–water partition coefficient (Wildman–Crippen LogP) is 3.58. The van der Waals surface area contributed by atoms with Gasteiger partial charge in [-0.15, -0.1) is 0 Å². The first-order valence-electron chi connectivity index (χ1n) is 6.70. The normalized spacial score (nSPS) is 27.0. The van der Waals surface area contributed by atoms with Gasteiger partial charge in [-0.25, -0.2) is 9.18 Å². The fourth-order valence-corrected chi connectivity index (χ4v) is 2.73. The van der Waals surface area contributed by atoms with E-state index in [1.54, 1.807) is 13.0 Å². The molecule has 104 valence electrons. The topological polar surface area (TPSA) is 49.3 Å². The fraction of sp³-hybridized carbons (Fsp3) is 0.533. The first kappa shape index (κ1) is 13.8. The van der Waals surface area contributed by atoms with Gasteiger partial charge < -0.3 is 10.4 Å². The molecule has 1 aromatic carbocycles. The molecule has 0 unspecified atom stereocenters. The first-order valence-corrected chi connectivity index (χ1v) is 6.70. The van der Waals surface area contributed by atoms with Crippen LogP contribution in [0.25, 0.3) is 0 Å². The minimum absolute atomic E-state index is 0.341. The highest BCUT2D eigenvalue weighted by Gasteiger charge is 2.41. The summed E-state index contributed by atoms with van der Waals surface area (Å²) in [6, 6.07) is 4.57. The second-order valence-corrected chi connectivity index (χ2v) is 5.71. The van der Waals surface area contributed by atoms with Gasteiger partial charge in [-0.3, -0.25) is 0 Å². The molecule has 1 aromatic rings. The Morgan fingerprint density at radius 2 is 2.00 bits per heavy atom. The third-order valence-electron chi connectivity index (χ3n) is 3.96. The molecule has 3 nitrogen and oxygen atoms in total. The summed E-state index contributed by atoms with van der Waals surface area (Å²) < 4.78 is 13.4. The molecule has 2 rings (SSSR count). The summed E-state index contributed by atoms with van der Waals surface area (Å²) >= 11 is 0. The number of nitrogens with one attached hydrogen (secondary N) is 1. The maximum Gasteiger partial charge on any atom is 0.329 e. The zero-order chi connectivity index (χ0) is 14.0. The molecule has 0 amide bonds. The summed E-state index contributed by atoms with van der Waals surface area (Å²) in [5.41, 5.74) is 0.383. The molecule has 4 heteroatoms. The Balaban J connectivity index is 2.24. The van der Waals surface area contributed by atoms with Crippen molar-refractivity contribution in [3.8, 4) is 0 Å². The highest BCUT2D eigenvalue weighted by molar-refractivity contribution is 5.83. The lowest BCUT2D eigenvalue weighted by molar-refractivity contribution is -0.143. The fourth-order valence-electron chi connectivity index (χ4n) is 2.73. The van der Waals surface area contributed by atoms with Crippen molar-refractivity contribution in [3.05, 3.63) is 29.6 Å². The number of benzene rings is 1. The van der Waals surface area contributed by atoms with E-state index >= 15 is 0 Å². The number of carboxylic acid groups (broad SMARTS) is 1. The van der Waals surface area contributed by atoms with Crippen molar-refractivity contribution in [1.29, 1.82) is 0 Å². The number of rotatable bonds is 3. The average molecular weight is 265 g/mol. The molecular formula is C15H20FNO2. The second kappa shape index (κ2) is 5.19. The number of halogens is 1. The molecule has 0 aromatic heterocycles. The molecule has 0 bridgehead atoms. The van der Waals surface area contributed by atoms with Gasteiger partial charge in [0.2, 0.25) is 0 Å². The second-order valence-electron chi connectivity index (χ2n) is 5.71. The molecule has 0 saturated heterocycles. The Morgan fingerprint density at radius 3 is 2.53 bits per heavy atom. The Bertz CT molecular complexity index is 459. The number of anilines is 1. The highest BCUT2D eigenvalue weighted by Crippen LogP contribution is 2.35. The van der Waals surface area contributed by atoms with E-state index in [1.807, 2.05) is 0 Å². The van der Waals surface area contributed by atoms with E-state index in [2.05, 4.69) is 12.2 Å². The van der Waals surface area contributed by atoms with Crippen LogP contribution in [0.5, 0.6) is 0 Å². The van der Waals surface area contributed by atoms with Gasteiger partial charge in [-0.1, -0.05) is 6.92 Å². The van der Waals surface area contributed by atoms with E-state index in [-0.39, 0.29) is 5.82 Å². The number of hydrogen-bond acceptors (Lipinski definition) is 2. The molecule has 1 saturated carbocycles. The molecule has 1 fully saturated rings. The van der Waals surface area contributed by atoms with E-state index in [4.69, 9.17) is 0 Å². The molecular weight excluding hydrogens is 245 g/mol. The maximum atomic E-state index is 13.4. The number of aliphatic carboxylic acids is 1. The monoisotopic (exact) mass is 265 g/mol. The standard InChI is InChI=1S/C15H20FNO2/c1-10-3-5-15(6-4-10,14(18)19)17-13-8-11(2)7-12(16)9-13/h7-10,17H,3-6H2,1-2H3,(H,18,19). The van der Waals surface area contributed by atoms with Crippen LogP contribution in [0.4, 0.5) is 10.1 Å². The molecule has 0 radical (unpaired) electrons. The zero-order valence-corrected chi connectivity index (χ0v) is 11.4. The van der Waals surface area contributed by atoms with Gasteiger partial charge in [0.25, 0.3) is 0 Å². The Morgan fingerprint density at radius 1 is 1.37 bits per heavy atom. The first-order chi connectivity index (χ1) is 8.91. The van der Waals surface area contributed by atoms with Crippen molar-refractivity contribution in [1.82, 2.24) is 0 Å². The quantitative estimate of drug-likeness (QED) is 0.878. The number of hydrogen-bond donors (Lipinski definition) is 2. The summed E-state index contributed by atoms with van der Waals surface area (Å²) in [6.07, 6.45) is 2.93. The van der Waals surface area contributed by atoms with Crippen molar-refractivity contribution in [2.75, 3.05) is 5.32 Å². The predicted molar refractivity (Wildman–Crippen MR) is 72.8 cm³/mol. The Labute approximate surface area is 112 Å². The van der Waals surface area contributed by atoms with Crippen molar-refractivity contribution in [2.45, 2.75) is 45.1 Å². The lowest BCUT2D eigenvalue weighted by atomic mass is 9.77. The molecule has 0 atom stereocenters. The lowest BCUT2D eigenvalue weighted by Gasteiger charge is -2.37. The third-order valence-corrected chi connectivity index (χ3v) is 3.96. The SMILES string of the molecule is Cc1cc(F)cc(NC2(C(=O)O)CCC(C)CC2)c1. The van der Waals surface area contributed by atoms with Crippen LogP contribution >= 0.6 is 0 Å². The van der Waals surface area contributed by atoms with E-state index < -0.39 is 11.5 Å². The van der Waals surface area contributed by atoms with Gasteiger partial charge in [0.05, 0.1) is 0 Å². The van der Waals surface area contributed by atoms with Crippen LogP contribution in [0.15, 0.2) is 18.2 Å². The van der Waals surface area contributed by atoms with Crippen LogP contribution in [0, 0.1) is 18.7 Å². The van der Waals surface area contributed by atoms with Crippen LogP contribution in [-0.2, 0) is 4.79 Å². The summed E-state index contributed by atoms with van der Waals surface area (Å²) in [4.78, 5) is 11.6. The summed E-state index contributed by atoms with van der Waals surface area (Å²) in [5.74, 6) is -0.628. The number of carboxylic acids is 1. The van der Waals surface area contributed by atoms with Crippen LogP contribution in [0.1, 0.15) is 38.2 Å². The van der Waals surface area contributed by atoms with Gasteiger partial charge in [0.1, 0.15) is 11.4 Å². The van der Waals surface area contributed by atoms with Gasteiger partial charge in [0.15, 0.2) is 0 Å². The molecule has 1 aliphatic rings. The van der Waals surface area contributed by atoms with E-state index in [9.17, 15) is 14.3 Å². The van der Waals surface area contributed by atoms with E-state index in [1.165, 1.54) is 12.1 Å². The smallest absolute Gasteiger partial charge is 0.329 e. The highest BCUT2D eigenvalue weighted by atomic mass is 19.1. The maximum absolute atomic E-state index is 13.4. The van der Waals surface area contributed by atoms with Crippen LogP contribution < -0.4 is 5.32 Å². The third kappa shape index (κ3) is 3.06. The van der Waals surface area contributed by atoms with E-state index in [0.717, 1.165) is 18.4 Å². The van der Waals surface area contributed by atoms with Crippen molar-refractivity contribution >= 4 is 11.7 Å². The van der Waals surface area contributed by atoms with Crippen molar-refractivity contribution in [3.63, 3.8) is 0 Å². The average Bonchev–Trinajstić information content (AvgIpc) is 2.31. The molecule has 1 aliphatic carbocycles. The van der Waals surface area contributed by atoms with Crippen LogP contribution in [0.3, 0.4) is 0 Å². The molecule has 0 heterocycles. The molecule has 19 heavy (non-hydrogen) atoms. The number of carbonyl (C=O) groups is 1. The molecule has 2 N–H and O–H groups in total. The van der Waals surface area contributed by atoms with Gasteiger partial charge in [0, 0.05) is 5.69 Å². The van der Waals surface area contributed by atoms with Gasteiger partial charge in [-0.2, -0.15) is 0 Å². The largest absolute Gasteiger partial charge is 0.480 e. The minimum Gasteiger partial charge on any atom is -0.480 e. The van der Waals surface area contributed by atoms with Crippen molar-refractivity contribution < 1.29 is 14.3 Å². The molecule has 0 aliphatic heterocycles. The number of aryl methyl sites for hydroxylation is 1. The van der Waals surface area contributed by atoms with Crippen molar-refractivity contribution in [2.24, 2.45) is 5.92 Å². The summed E-state index contributed by atoms with van der Waals surface area (Å²) in [7, 11) is 0. The van der Waals surface area contributed by atoms with Gasteiger partial charge >= 0.3 is 5.97 Å². The zero-order valence-electron chi connectivity index (χ0n) is 11.4. The van der Waals surface area contributed by atoms with Crippen LogP contribution in [0.2, 0.25) is 0 Å². The minimum atomic E-state index is -0.952. The van der Waals surface area contributed by atoms with E-state index in [0.29, 0.717) is 24.4 Å². The Hall–Kier alpha value is -1.58. The van der Waals surface area contributed by atoms with Crippen LogP contribution in [-0.4, -0.2) is 16.6 Å². The Kier molecular flexibility index (Phi) is 3.78. The lowest BCUT2D eigenvalue weighted by Crippen LogP contribution is -2.48. The summed E-state index contributed by atoms with van der Waals surface area (Å²) in [5, 5.41) is 12.6. The van der Waals surface area contributed by atoms with Gasteiger partial charge in [-0.05, 0) is 62.3 Å². The molecule has 0 spiro atoms. The summed E-state index contributed by atoms with van der Waals surface area (Å²) in [6.45, 7) is 3.93.